The number of aliphatic hydroxyl groups is 1. The number of hydrogen-bond donors (Lipinski definition) is 3. The minimum Gasteiger partial charge on any atom is -0.462 e. The molecule has 95 heavy (non-hydrogen) atoms. The lowest BCUT2D eigenvalue weighted by molar-refractivity contribution is -0.161. The molecule has 0 saturated heterocycles. The molecule has 0 aliphatic carbocycles. The Balaban J connectivity index is 5.24. The van der Waals surface area contributed by atoms with Crippen LogP contribution in [-0.2, 0) is 65.4 Å². The summed E-state index contributed by atoms with van der Waals surface area (Å²) in [5.74, 6) is -2.14. The molecule has 0 bridgehead atoms. The zero-order valence-corrected chi connectivity index (χ0v) is 62.9. The Labute approximate surface area is 580 Å². The summed E-state index contributed by atoms with van der Waals surface area (Å²) in [5.41, 5.74) is 0. The highest BCUT2D eigenvalue weighted by molar-refractivity contribution is 7.47. The van der Waals surface area contributed by atoms with Gasteiger partial charge in [0.15, 0.2) is 12.2 Å². The van der Waals surface area contributed by atoms with E-state index in [0.29, 0.717) is 25.7 Å². The Morgan fingerprint density at radius 2 is 0.505 bits per heavy atom. The Kier molecular flexibility index (Phi) is 68.2. The quantitative estimate of drug-likeness (QED) is 0.0169. The average Bonchev–Trinajstić information content (AvgIpc) is 2.06. The van der Waals surface area contributed by atoms with Crippen LogP contribution in [0.1, 0.15) is 381 Å². The van der Waals surface area contributed by atoms with Gasteiger partial charge in [0.25, 0.3) is 0 Å². The molecule has 3 N–H and O–H groups in total. The number of phosphoric ester groups is 2. The van der Waals surface area contributed by atoms with Gasteiger partial charge in [-0.15, -0.1) is 0 Å². The molecular weight excluding hydrogens is 1250 g/mol. The van der Waals surface area contributed by atoms with Crippen molar-refractivity contribution in [3.8, 4) is 0 Å². The first-order valence-electron chi connectivity index (χ1n) is 39.1. The molecule has 0 saturated carbocycles. The third-order valence-electron chi connectivity index (χ3n) is 17.2. The fraction of sp³-hybridized carbons (Fsp3) is 0.895. The van der Waals surface area contributed by atoms with E-state index in [0.717, 1.165) is 116 Å². The first-order chi connectivity index (χ1) is 46.2. The van der Waals surface area contributed by atoms with E-state index in [2.05, 4.69) is 52.0 Å². The number of esters is 4. The van der Waals surface area contributed by atoms with Crippen LogP contribution in [0.15, 0.2) is 24.3 Å². The lowest BCUT2D eigenvalue weighted by Gasteiger charge is -2.21. The van der Waals surface area contributed by atoms with E-state index < -0.39 is 97.5 Å². The number of ether oxygens (including phenoxy) is 4. The van der Waals surface area contributed by atoms with Gasteiger partial charge < -0.3 is 33.8 Å². The normalized spacial score (nSPS) is 14.1. The number of rotatable bonds is 75. The molecule has 560 valence electrons. The molecule has 0 rings (SSSR count). The molecule has 0 radical (unpaired) electrons. The lowest BCUT2D eigenvalue weighted by Crippen LogP contribution is -2.30. The molecule has 0 spiro atoms. The Morgan fingerprint density at radius 1 is 0.295 bits per heavy atom. The van der Waals surface area contributed by atoms with Crippen molar-refractivity contribution in [3.63, 3.8) is 0 Å². The predicted molar refractivity (Wildman–Crippen MR) is 386 cm³/mol. The van der Waals surface area contributed by atoms with Crippen molar-refractivity contribution in [2.75, 3.05) is 39.6 Å². The van der Waals surface area contributed by atoms with Gasteiger partial charge >= 0.3 is 39.5 Å². The largest absolute Gasteiger partial charge is 0.472 e. The monoisotopic (exact) mass is 1390 g/mol. The van der Waals surface area contributed by atoms with E-state index in [9.17, 15) is 43.2 Å². The zero-order valence-electron chi connectivity index (χ0n) is 61.1. The van der Waals surface area contributed by atoms with Crippen molar-refractivity contribution in [2.45, 2.75) is 399 Å². The maximum atomic E-state index is 13.1. The maximum Gasteiger partial charge on any atom is 0.472 e. The van der Waals surface area contributed by atoms with Crippen molar-refractivity contribution in [1.29, 1.82) is 0 Å². The Hall–Kier alpha value is -2.46. The molecule has 0 aromatic rings. The highest BCUT2D eigenvalue weighted by atomic mass is 31.2. The summed E-state index contributed by atoms with van der Waals surface area (Å²) in [6, 6.07) is 0. The van der Waals surface area contributed by atoms with Crippen LogP contribution in [0.4, 0.5) is 0 Å². The molecule has 0 heterocycles. The summed E-state index contributed by atoms with van der Waals surface area (Å²) < 4.78 is 68.4. The number of phosphoric acid groups is 2. The van der Waals surface area contributed by atoms with Crippen LogP contribution in [0.5, 0.6) is 0 Å². The molecule has 17 nitrogen and oxygen atoms in total. The first-order valence-corrected chi connectivity index (χ1v) is 42.1. The van der Waals surface area contributed by atoms with Gasteiger partial charge in [-0.2, -0.15) is 0 Å². The summed E-state index contributed by atoms with van der Waals surface area (Å²) in [6.07, 6.45) is 63.2. The predicted octanol–water partition coefficient (Wildman–Crippen LogP) is 22.2. The van der Waals surface area contributed by atoms with E-state index in [-0.39, 0.29) is 25.7 Å². The second kappa shape index (κ2) is 70.0. The molecule has 2 unspecified atom stereocenters. The number of unbranched alkanes of at least 4 members (excludes halogenated alkanes) is 46. The second-order valence-corrected chi connectivity index (χ2v) is 29.6. The number of carbonyl (C=O) groups is 4. The average molecular weight is 1390 g/mol. The fourth-order valence-electron chi connectivity index (χ4n) is 11.2. The minimum atomic E-state index is -4.96. The summed E-state index contributed by atoms with van der Waals surface area (Å²) in [5, 5.41) is 10.6. The van der Waals surface area contributed by atoms with Gasteiger partial charge in [0.1, 0.15) is 19.3 Å². The summed E-state index contributed by atoms with van der Waals surface area (Å²) >= 11 is 0. The number of aliphatic hydroxyl groups excluding tert-OH is 1. The molecule has 0 aliphatic rings. The van der Waals surface area contributed by atoms with E-state index in [1.54, 1.807) is 0 Å². The van der Waals surface area contributed by atoms with Gasteiger partial charge in [-0.3, -0.25) is 37.3 Å². The summed E-state index contributed by atoms with van der Waals surface area (Å²) in [7, 11) is -9.92. The van der Waals surface area contributed by atoms with E-state index >= 15 is 0 Å². The number of hydrogen-bond acceptors (Lipinski definition) is 15. The van der Waals surface area contributed by atoms with Crippen LogP contribution in [0, 0.1) is 0 Å². The van der Waals surface area contributed by atoms with Gasteiger partial charge in [0.05, 0.1) is 26.4 Å². The minimum absolute atomic E-state index is 0.102. The molecule has 5 atom stereocenters. The van der Waals surface area contributed by atoms with Crippen molar-refractivity contribution in [2.24, 2.45) is 0 Å². The highest BCUT2D eigenvalue weighted by Gasteiger charge is 2.30. The van der Waals surface area contributed by atoms with E-state index in [1.165, 1.54) is 186 Å². The number of carbonyl (C=O) groups excluding carboxylic acids is 4. The van der Waals surface area contributed by atoms with Crippen molar-refractivity contribution in [1.82, 2.24) is 0 Å². The van der Waals surface area contributed by atoms with Crippen LogP contribution < -0.4 is 0 Å². The molecule has 0 fully saturated rings. The van der Waals surface area contributed by atoms with Gasteiger partial charge in [-0.25, -0.2) is 9.13 Å². The lowest BCUT2D eigenvalue weighted by atomic mass is 10.0. The second-order valence-electron chi connectivity index (χ2n) is 26.7. The van der Waals surface area contributed by atoms with Crippen LogP contribution in [0.25, 0.3) is 0 Å². The van der Waals surface area contributed by atoms with Crippen molar-refractivity contribution >= 4 is 39.5 Å². The fourth-order valence-corrected chi connectivity index (χ4v) is 12.8. The van der Waals surface area contributed by atoms with Gasteiger partial charge in [-0.05, 0) is 51.4 Å². The van der Waals surface area contributed by atoms with Crippen LogP contribution in [0.2, 0.25) is 0 Å². The van der Waals surface area contributed by atoms with Crippen LogP contribution in [0.3, 0.4) is 0 Å². The highest BCUT2D eigenvalue weighted by Crippen LogP contribution is 2.45. The summed E-state index contributed by atoms with van der Waals surface area (Å²) in [6.45, 7) is 4.90. The van der Waals surface area contributed by atoms with Crippen molar-refractivity contribution in [3.05, 3.63) is 24.3 Å². The molecule has 0 aromatic carbocycles. The maximum absolute atomic E-state index is 13.1. The Bertz CT molecular complexity index is 1900. The molecule has 0 amide bonds. The third-order valence-corrected chi connectivity index (χ3v) is 19.1. The third kappa shape index (κ3) is 69.8. The molecular formula is C76H144O17P2. The molecule has 19 heteroatoms. The van der Waals surface area contributed by atoms with Gasteiger partial charge in [0.2, 0.25) is 0 Å². The van der Waals surface area contributed by atoms with E-state index in [1.807, 2.05) is 0 Å². The standard InChI is InChI=1S/C76H144O17P2/c1-5-9-13-17-21-25-28-31-34-35-36-38-41-44-47-51-55-59-63-76(81)93-72(67-87-74(79)61-57-53-49-45-42-40-37-32-29-26-22-18-14-10-6-2)69-91-95(84,85)89-65-70(77)64-88-94(82,83)90-68-71(66-86-73(78)60-56-52-48-24-20-16-12-8-4)92-75(80)62-58-54-50-46-43-39-33-30-27-23-19-15-11-7-3/h26,29,32,37,70-72,77H,5-25,27-28,30-31,33-36,38-69H2,1-4H3,(H,82,83)(H,84,85)/b29-26-,37-32-/t70-,71+,72+/m0/s1. The summed E-state index contributed by atoms with van der Waals surface area (Å²) in [4.78, 5) is 72.7. The van der Waals surface area contributed by atoms with Gasteiger partial charge in [0, 0.05) is 25.7 Å². The van der Waals surface area contributed by atoms with Crippen molar-refractivity contribution < 1.29 is 80.2 Å². The molecule has 0 aliphatic heterocycles. The van der Waals surface area contributed by atoms with Gasteiger partial charge in [-0.1, -0.05) is 328 Å². The molecule has 0 aromatic heterocycles. The Morgan fingerprint density at radius 3 is 0.768 bits per heavy atom. The van der Waals surface area contributed by atoms with E-state index in [4.69, 9.17) is 37.0 Å². The van der Waals surface area contributed by atoms with Crippen LogP contribution in [-0.4, -0.2) is 96.7 Å². The van der Waals surface area contributed by atoms with Crippen LogP contribution >= 0.6 is 15.6 Å². The first kappa shape index (κ1) is 92.5. The number of allylic oxidation sites excluding steroid dienone is 4. The topological polar surface area (TPSA) is 237 Å². The zero-order chi connectivity index (χ0) is 69.7. The SMILES string of the molecule is CCCCCC/C=C\C=C/CCCCCCCC(=O)OC[C@H](COP(=O)(O)OC[C@@H](O)COP(=O)(O)OC[C@@H](COC(=O)CCCCCCCCCC)OC(=O)CCCCCCCCCCCCCCCC)OC(=O)CCCCCCCCCCCCCCCCCCCC. The smallest absolute Gasteiger partial charge is 0.462 e.